The largest absolute Gasteiger partial charge is 0.390 e. The lowest BCUT2D eigenvalue weighted by atomic mass is 9.45. The Morgan fingerprint density at radius 2 is 1.71 bits per heavy atom. The third kappa shape index (κ3) is 3.73. The van der Waals surface area contributed by atoms with Gasteiger partial charge in [-0.15, -0.1) is 0 Å². The first kappa shape index (κ1) is 26.2. The van der Waals surface area contributed by atoms with Gasteiger partial charge in [-0.25, -0.2) is 0 Å². The van der Waals surface area contributed by atoms with Crippen LogP contribution in [0.4, 0.5) is 0 Å². The molecule has 4 aliphatic carbocycles. The summed E-state index contributed by atoms with van der Waals surface area (Å²) in [5.74, 6) is -0.948. The second kappa shape index (κ2) is 8.09. The monoisotopic (exact) mass is 480 g/mol. The van der Waals surface area contributed by atoms with Gasteiger partial charge in [0.2, 0.25) is 0 Å². The summed E-state index contributed by atoms with van der Waals surface area (Å²) < 4.78 is 0. The van der Waals surface area contributed by atoms with Gasteiger partial charge in [0.15, 0.2) is 5.78 Å². The van der Waals surface area contributed by atoms with Crippen LogP contribution in [0.1, 0.15) is 86.0 Å². The highest BCUT2D eigenvalue weighted by molar-refractivity contribution is 5.95. The van der Waals surface area contributed by atoms with Crippen LogP contribution in [0.25, 0.3) is 0 Å². The van der Waals surface area contributed by atoms with E-state index in [0.29, 0.717) is 44.1 Å². The fraction of sp³-hybridized carbons (Fsp3) is 0.889. The first-order valence-electron chi connectivity index (χ1n) is 12.9. The van der Waals surface area contributed by atoms with E-state index in [0.717, 1.165) is 0 Å². The first-order valence-corrected chi connectivity index (χ1v) is 12.9. The quantitative estimate of drug-likeness (QED) is 0.353. The molecule has 0 unspecified atom stereocenters. The van der Waals surface area contributed by atoms with E-state index in [2.05, 4.69) is 0 Å². The molecule has 7 heteroatoms. The number of aliphatic hydroxyl groups excluding tert-OH is 3. The van der Waals surface area contributed by atoms with Gasteiger partial charge in [-0.05, 0) is 101 Å². The van der Waals surface area contributed by atoms with E-state index in [4.69, 9.17) is 0 Å². The summed E-state index contributed by atoms with van der Waals surface area (Å²) in [6.07, 6.45) is 2.11. The van der Waals surface area contributed by atoms with Gasteiger partial charge in [0.05, 0.1) is 35.1 Å². The Bertz CT molecular complexity index is 860. The van der Waals surface area contributed by atoms with Crippen LogP contribution in [0.2, 0.25) is 0 Å². The Hall–Kier alpha value is -0.830. The van der Waals surface area contributed by atoms with Gasteiger partial charge in [-0.3, -0.25) is 4.79 Å². The smallest absolute Gasteiger partial charge is 0.159 e. The summed E-state index contributed by atoms with van der Waals surface area (Å²) in [7, 11) is 0. The minimum Gasteiger partial charge on any atom is -0.390 e. The highest BCUT2D eigenvalue weighted by atomic mass is 16.3. The molecule has 4 rings (SSSR count). The van der Waals surface area contributed by atoms with Crippen molar-refractivity contribution < 1.29 is 35.4 Å². The molecule has 10 atom stereocenters. The highest BCUT2D eigenvalue weighted by Crippen LogP contribution is 2.68. The maximum absolute atomic E-state index is 13.2. The molecule has 0 saturated heterocycles. The SMILES string of the molecule is CC(C)(O)CC[C@H](O)[C@](C)(O)[C@H]1CC[C@@]2(O)C3=CC(=O)[C@@H]4C[C@H](O)[C@@H](O)C[C@]4(C)[C@H]3CC[C@]12C. The number of carbonyl (C=O) groups excluding carboxylic acids is 1. The Kier molecular flexibility index (Phi) is 6.24. The molecule has 3 fully saturated rings. The van der Waals surface area contributed by atoms with Crippen LogP contribution in [0.15, 0.2) is 11.6 Å². The lowest BCUT2D eigenvalue weighted by molar-refractivity contribution is -0.177. The van der Waals surface area contributed by atoms with Crippen molar-refractivity contribution in [1.29, 1.82) is 0 Å². The van der Waals surface area contributed by atoms with E-state index in [9.17, 15) is 35.4 Å². The second-order valence-electron chi connectivity index (χ2n) is 13.2. The lowest BCUT2D eigenvalue weighted by Gasteiger charge is -2.60. The second-order valence-corrected chi connectivity index (χ2v) is 13.2. The maximum Gasteiger partial charge on any atom is 0.159 e. The molecule has 0 aromatic rings. The number of aliphatic hydroxyl groups is 6. The molecule has 3 saturated carbocycles. The standard InChI is InChI=1S/C27H44O7/c1-23(2,32)9-8-22(31)26(5,33)21-7-11-27(34)16-12-18(28)17-13-19(29)20(30)14-24(17,3)15(16)6-10-25(21,27)4/h12,15,17,19-22,29-34H,6-11,13-14H2,1-5H3/t15-,17-,19-,20-,21-,22-,24+,25+,26+,27+/m0/s1. The molecule has 194 valence electrons. The minimum absolute atomic E-state index is 0.0840. The van der Waals surface area contributed by atoms with Crippen molar-refractivity contribution in [2.75, 3.05) is 0 Å². The molecule has 0 bridgehead atoms. The molecule has 4 aliphatic rings. The number of rotatable bonds is 5. The third-order valence-electron chi connectivity index (χ3n) is 10.5. The zero-order valence-corrected chi connectivity index (χ0v) is 21.3. The number of fused-ring (bicyclic) bond motifs is 5. The molecule has 0 radical (unpaired) electrons. The number of hydrogen-bond acceptors (Lipinski definition) is 7. The number of allylic oxidation sites excluding steroid dienone is 1. The van der Waals surface area contributed by atoms with Gasteiger partial charge in [0, 0.05) is 11.3 Å². The van der Waals surface area contributed by atoms with Gasteiger partial charge in [0.25, 0.3) is 0 Å². The molecule has 6 N–H and O–H groups in total. The molecular weight excluding hydrogens is 436 g/mol. The van der Waals surface area contributed by atoms with Crippen LogP contribution in [0.3, 0.4) is 0 Å². The van der Waals surface area contributed by atoms with Crippen LogP contribution in [0.5, 0.6) is 0 Å². The predicted molar refractivity (Wildman–Crippen MR) is 127 cm³/mol. The summed E-state index contributed by atoms with van der Waals surface area (Å²) in [6.45, 7) is 8.96. The van der Waals surface area contributed by atoms with Crippen molar-refractivity contribution >= 4 is 5.78 Å². The van der Waals surface area contributed by atoms with Crippen LogP contribution in [-0.4, -0.2) is 71.5 Å². The highest BCUT2D eigenvalue weighted by Gasteiger charge is 2.69. The fourth-order valence-electron chi connectivity index (χ4n) is 8.32. The zero-order valence-electron chi connectivity index (χ0n) is 21.3. The molecule has 34 heavy (non-hydrogen) atoms. The van der Waals surface area contributed by atoms with Crippen molar-refractivity contribution in [2.24, 2.45) is 28.6 Å². The molecule has 7 nitrogen and oxygen atoms in total. The van der Waals surface area contributed by atoms with Crippen LogP contribution < -0.4 is 0 Å². The predicted octanol–water partition coefficient (Wildman–Crippen LogP) is 1.85. The van der Waals surface area contributed by atoms with E-state index < -0.39 is 45.9 Å². The van der Waals surface area contributed by atoms with E-state index in [1.165, 1.54) is 0 Å². The van der Waals surface area contributed by atoms with E-state index in [1.807, 2.05) is 13.8 Å². The molecule has 0 aliphatic heterocycles. The molecular formula is C27H44O7. The number of hydrogen-bond donors (Lipinski definition) is 6. The number of ketones is 1. The average molecular weight is 481 g/mol. The third-order valence-corrected chi connectivity index (χ3v) is 10.5. The summed E-state index contributed by atoms with van der Waals surface area (Å²) in [6, 6.07) is 0. The van der Waals surface area contributed by atoms with Crippen molar-refractivity contribution in [3.05, 3.63) is 11.6 Å². The lowest BCUT2D eigenvalue weighted by Crippen LogP contribution is -2.62. The van der Waals surface area contributed by atoms with Crippen molar-refractivity contribution in [1.82, 2.24) is 0 Å². The van der Waals surface area contributed by atoms with Gasteiger partial charge in [-0.1, -0.05) is 13.8 Å². The molecule has 0 spiro atoms. The Labute approximate surface area is 202 Å². The Balaban J connectivity index is 1.66. The first-order chi connectivity index (χ1) is 15.5. The summed E-state index contributed by atoms with van der Waals surface area (Å²) in [5, 5.41) is 65.5. The molecule has 0 aromatic heterocycles. The number of carbonyl (C=O) groups is 1. The van der Waals surface area contributed by atoms with Gasteiger partial charge < -0.3 is 30.6 Å². The summed E-state index contributed by atoms with van der Waals surface area (Å²) >= 11 is 0. The van der Waals surface area contributed by atoms with E-state index in [-0.39, 0.29) is 36.4 Å². The fourth-order valence-corrected chi connectivity index (χ4v) is 8.32. The van der Waals surface area contributed by atoms with Gasteiger partial charge >= 0.3 is 0 Å². The van der Waals surface area contributed by atoms with Crippen molar-refractivity contribution in [3.8, 4) is 0 Å². The van der Waals surface area contributed by atoms with Crippen LogP contribution in [-0.2, 0) is 4.79 Å². The van der Waals surface area contributed by atoms with Gasteiger partial charge in [0.1, 0.15) is 0 Å². The van der Waals surface area contributed by atoms with E-state index >= 15 is 0 Å². The Morgan fingerprint density at radius 3 is 2.32 bits per heavy atom. The molecule has 0 aromatic carbocycles. The maximum atomic E-state index is 13.2. The van der Waals surface area contributed by atoms with Gasteiger partial charge in [-0.2, -0.15) is 0 Å². The normalized spacial score (nSPS) is 47.2. The summed E-state index contributed by atoms with van der Waals surface area (Å²) in [5.41, 5.74) is -4.27. The van der Waals surface area contributed by atoms with Crippen LogP contribution in [0, 0.1) is 28.6 Å². The van der Waals surface area contributed by atoms with Crippen molar-refractivity contribution in [3.63, 3.8) is 0 Å². The minimum atomic E-state index is -1.46. The summed E-state index contributed by atoms with van der Waals surface area (Å²) in [4.78, 5) is 13.2. The Morgan fingerprint density at radius 1 is 1.06 bits per heavy atom. The van der Waals surface area contributed by atoms with Crippen molar-refractivity contribution in [2.45, 2.75) is 121 Å². The van der Waals surface area contributed by atoms with E-state index in [1.54, 1.807) is 26.8 Å². The molecule has 0 amide bonds. The average Bonchev–Trinajstić information content (AvgIpc) is 3.00. The topological polar surface area (TPSA) is 138 Å². The zero-order chi connectivity index (χ0) is 25.5. The van der Waals surface area contributed by atoms with Crippen LogP contribution >= 0.6 is 0 Å². The molecule has 0 heterocycles.